The fourth-order valence-corrected chi connectivity index (χ4v) is 4.55. The first-order valence-electron chi connectivity index (χ1n) is 11.0. The van der Waals surface area contributed by atoms with Crippen LogP contribution in [0.2, 0.25) is 0 Å². The monoisotopic (exact) mass is 428 g/mol. The Balaban J connectivity index is 1.44. The molecule has 32 heavy (non-hydrogen) atoms. The molecular weight excluding hydrogens is 403 g/mol. The van der Waals surface area contributed by atoms with Gasteiger partial charge in [-0.2, -0.15) is 0 Å². The van der Waals surface area contributed by atoms with Crippen LogP contribution < -0.4 is 0 Å². The van der Waals surface area contributed by atoms with Crippen molar-refractivity contribution in [1.82, 2.24) is 9.88 Å². The third-order valence-corrected chi connectivity index (χ3v) is 6.17. The van der Waals surface area contributed by atoms with Crippen molar-refractivity contribution in [3.8, 4) is 11.3 Å². The molecule has 0 radical (unpaired) electrons. The van der Waals surface area contributed by atoms with Crippen molar-refractivity contribution in [2.75, 3.05) is 13.1 Å². The molecule has 1 saturated heterocycles. The van der Waals surface area contributed by atoms with Gasteiger partial charge in [0.25, 0.3) is 0 Å². The molecule has 4 nitrogen and oxygen atoms in total. The first kappa shape index (κ1) is 20.3. The van der Waals surface area contributed by atoms with E-state index < -0.39 is 18.2 Å². The predicted octanol–water partition coefficient (Wildman–Crippen LogP) is 6.30. The van der Waals surface area contributed by atoms with E-state index in [0.29, 0.717) is 13.0 Å². The van der Waals surface area contributed by atoms with E-state index in [-0.39, 0.29) is 13.2 Å². The van der Waals surface area contributed by atoms with Crippen LogP contribution in [0.4, 0.5) is 9.18 Å². The third-order valence-electron chi connectivity index (χ3n) is 6.17. The molecule has 3 aromatic carbocycles. The van der Waals surface area contributed by atoms with Gasteiger partial charge in [0.15, 0.2) is 0 Å². The second-order valence-corrected chi connectivity index (χ2v) is 8.22. The Morgan fingerprint density at radius 3 is 2.44 bits per heavy atom. The molecule has 1 N–H and O–H groups in total. The fraction of sp³-hybridized carbons (Fsp3) is 0.222. The number of halogens is 1. The van der Waals surface area contributed by atoms with Crippen LogP contribution in [0.15, 0.2) is 84.9 Å². The van der Waals surface area contributed by atoms with E-state index in [1.54, 1.807) is 4.90 Å². The number of fused-ring (bicyclic) bond motifs is 1. The summed E-state index contributed by atoms with van der Waals surface area (Å²) in [4.78, 5) is 17.9. The van der Waals surface area contributed by atoms with Gasteiger partial charge in [0.2, 0.25) is 0 Å². The summed E-state index contributed by atoms with van der Waals surface area (Å²) >= 11 is 0. The molecule has 0 bridgehead atoms. The number of benzene rings is 3. The van der Waals surface area contributed by atoms with Crippen LogP contribution in [0.1, 0.15) is 23.5 Å². The molecule has 5 rings (SSSR count). The summed E-state index contributed by atoms with van der Waals surface area (Å²) in [6, 6.07) is 27.5. The van der Waals surface area contributed by atoms with E-state index in [1.807, 2.05) is 84.9 Å². The number of rotatable bonds is 4. The minimum atomic E-state index is -1.03. The summed E-state index contributed by atoms with van der Waals surface area (Å²) in [6.45, 7) is 0.854. The fourth-order valence-electron chi connectivity index (χ4n) is 4.55. The number of nitrogens with one attached hydrogen (secondary N) is 1. The Hall–Kier alpha value is -3.60. The van der Waals surface area contributed by atoms with Crippen molar-refractivity contribution < 1.29 is 13.9 Å². The topological polar surface area (TPSA) is 45.3 Å². The highest BCUT2D eigenvalue weighted by atomic mass is 19.1. The Labute approximate surface area is 186 Å². The average Bonchev–Trinajstić information content (AvgIpc) is 3.23. The molecule has 1 aromatic heterocycles. The predicted molar refractivity (Wildman–Crippen MR) is 124 cm³/mol. The van der Waals surface area contributed by atoms with Crippen molar-refractivity contribution >= 4 is 17.0 Å². The number of hydrogen-bond acceptors (Lipinski definition) is 2. The van der Waals surface area contributed by atoms with Gasteiger partial charge in [-0.25, -0.2) is 9.18 Å². The first-order valence-corrected chi connectivity index (χ1v) is 11.0. The van der Waals surface area contributed by atoms with Gasteiger partial charge in [0.1, 0.15) is 12.8 Å². The van der Waals surface area contributed by atoms with Gasteiger partial charge in [-0.1, -0.05) is 78.9 Å². The molecule has 4 aromatic rings. The first-order chi connectivity index (χ1) is 15.7. The second-order valence-electron chi connectivity index (χ2n) is 8.22. The molecule has 1 amide bonds. The maximum absolute atomic E-state index is 15.3. The largest absolute Gasteiger partial charge is 0.445 e. The van der Waals surface area contributed by atoms with Crippen LogP contribution in [0, 0.1) is 0 Å². The summed E-state index contributed by atoms with van der Waals surface area (Å²) in [5.41, 5.74) is 4.76. The zero-order valence-corrected chi connectivity index (χ0v) is 17.7. The van der Waals surface area contributed by atoms with Gasteiger partial charge >= 0.3 is 6.09 Å². The maximum Gasteiger partial charge on any atom is 0.410 e. The van der Waals surface area contributed by atoms with Gasteiger partial charge in [-0.05, 0) is 29.2 Å². The standard InChI is InChI=1S/C27H25FN2O2/c28-23-15-16-30(27(31)32-18-19-9-3-1-4-10-19)17-22(23)25-21-13-7-8-14-24(21)29-26(25)20-11-5-2-6-12-20/h1-14,22-23,29H,15-18H2/t22-,23-/m1/s1. The number of amides is 1. The molecule has 1 aliphatic rings. The van der Waals surface area contributed by atoms with Crippen molar-refractivity contribution in [3.05, 3.63) is 96.1 Å². The molecule has 1 aliphatic heterocycles. The lowest BCUT2D eigenvalue weighted by Gasteiger charge is -2.35. The zero-order chi connectivity index (χ0) is 21.9. The van der Waals surface area contributed by atoms with Crippen molar-refractivity contribution in [2.45, 2.75) is 25.1 Å². The Morgan fingerprint density at radius 2 is 1.66 bits per heavy atom. The molecule has 0 aliphatic carbocycles. The van der Waals surface area contributed by atoms with E-state index in [1.165, 1.54) is 0 Å². The molecule has 162 valence electrons. The third kappa shape index (κ3) is 3.98. The number of nitrogens with zero attached hydrogens (tertiary/aromatic N) is 1. The highest BCUT2D eigenvalue weighted by Crippen LogP contribution is 2.40. The Bertz CT molecular complexity index is 1210. The van der Waals surface area contributed by atoms with Gasteiger partial charge in [0, 0.05) is 29.9 Å². The van der Waals surface area contributed by atoms with Crippen LogP contribution in [0.3, 0.4) is 0 Å². The van der Waals surface area contributed by atoms with Crippen molar-refractivity contribution in [1.29, 1.82) is 0 Å². The van der Waals surface area contributed by atoms with E-state index in [9.17, 15) is 4.79 Å². The number of aromatic nitrogens is 1. The number of H-pyrrole nitrogens is 1. The van der Waals surface area contributed by atoms with E-state index in [0.717, 1.165) is 33.3 Å². The summed E-state index contributed by atoms with van der Waals surface area (Å²) in [6.07, 6.45) is -1.14. The summed E-state index contributed by atoms with van der Waals surface area (Å²) < 4.78 is 20.9. The van der Waals surface area contributed by atoms with Gasteiger partial charge in [-0.15, -0.1) is 0 Å². The SMILES string of the molecule is O=C(OCc1ccccc1)N1CC[C@@H](F)[C@H](c2c(-c3ccccc3)[nH]c3ccccc23)C1. The van der Waals surface area contributed by atoms with Crippen molar-refractivity contribution in [3.63, 3.8) is 0 Å². The quantitative estimate of drug-likeness (QED) is 0.415. The number of alkyl halides is 1. The molecule has 2 atom stereocenters. The number of piperidine rings is 1. The molecule has 0 unspecified atom stereocenters. The number of carbonyl (C=O) groups excluding carboxylic acids is 1. The summed E-state index contributed by atoms with van der Waals surface area (Å²) in [5.74, 6) is -0.431. The molecule has 2 heterocycles. The molecule has 1 fully saturated rings. The van der Waals surface area contributed by atoms with Crippen LogP contribution >= 0.6 is 0 Å². The van der Waals surface area contributed by atoms with E-state index in [4.69, 9.17) is 4.74 Å². The number of carbonyl (C=O) groups is 1. The molecular formula is C27H25FN2O2. The number of likely N-dealkylation sites (tertiary alicyclic amines) is 1. The van der Waals surface area contributed by atoms with E-state index in [2.05, 4.69) is 4.98 Å². The van der Waals surface area contributed by atoms with E-state index >= 15 is 4.39 Å². The zero-order valence-electron chi connectivity index (χ0n) is 17.7. The number of para-hydroxylation sites is 1. The minimum Gasteiger partial charge on any atom is -0.445 e. The van der Waals surface area contributed by atoms with Crippen molar-refractivity contribution in [2.24, 2.45) is 0 Å². The lowest BCUT2D eigenvalue weighted by atomic mass is 9.86. The Kier molecular flexibility index (Phi) is 5.63. The minimum absolute atomic E-state index is 0.211. The van der Waals surface area contributed by atoms with Crippen LogP contribution in [-0.4, -0.2) is 35.2 Å². The van der Waals surface area contributed by atoms with Gasteiger partial charge in [-0.3, -0.25) is 0 Å². The molecule has 5 heteroatoms. The highest BCUT2D eigenvalue weighted by Gasteiger charge is 2.36. The maximum atomic E-state index is 15.3. The summed E-state index contributed by atoms with van der Waals surface area (Å²) in [7, 11) is 0. The average molecular weight is 429 g/mol. The van der Waals surface area contributed by atoms with Crippen LogP contribution in [0.25, 0.3) is 22.2 Å². The molecule has 0 saturated carbocycles. The second kappa shape index (κ2) is 8.87. The normalized spacial score (nSPS) is 18.6. The smallest absolute Gasteiger partial charge is 0.410 e. The number of ether oxygens (including phenoxy) is 1. The van der Waals surface area contributed by atoms with Gasteiger partial charge in [0.05, 0.1) is 5.69 Å². The molecule has 0 spiro atoms. The lowest BCUT2D eigenvalue weighted by Crippen LogP contribution is -2.43. The van der Waals surface area contributed by atoms with Crippen LogP contribution in [-0.2, 0) is 11.3 Å². The number of aromatic amines is 1. The lowest BCUT2D eigenvalue weighted by molar-refractivity contribution is 0.0696. The highest BCUT2D eigenvalue weighted by molar-refractivity contribution is 5.91. The van der Waals surface area contributed by atoms with Gasteiger partial charge < -0.3 is 14.6 Å². The summed E-state index contributed by atoms with van der Waals surface area (Å²) in [5, 5.41) is 0.999. The number of hydrogen-bond donors (Lipinski definition) is 1. The Morgan fingerprint density at radius 1 is 0.969 bits per heavy atom. The van der Waals surface area contributed by atoms with Crippen LogP contribution in [0.5, 0.6) is 0 Å².